The molecule has 0 radical (unpaired) electrons. The number of anilines is 1. The Kier molecular flexibility index (Phi) is 5.87. The van der Waals surface area contributed by atoms with Gasteiger partial charge in [-0.25, -0.2) is 21.6 Å². The SMILES string of the molecule is CCc1ccc(S(=O)(=O)Nc2ccc(S(=O)(=O)NC(C)C)cc2)cc1. The number of rotatable bonds is 7. The lowest BCUT2D eigenvalue weighted by Gasteiger charge is -2.11. The van der Waals surface area contributed by atoms with Crippen molar-refractivity contribution < 1.29 is 16.8 Å². The Morgan fingerprint density at radius 2 is 1.28 bits per heavy atom. The van der Waals surface area contributed by atoms with Crippen molar-refractivity contribution in [1.29, 1.82) is 0 Å². The predicted molar refractivity (Wildman–Crippen MR) is 98.5 cm³/mol. The average Bonchev–Trinajstić information content (AvgIpc) is 2.54. The fourth-order valence-corrected chi connectivity index (χ4v) is 4.51. The van der Waals surface area contributed by atoms with Gasteiger partial charge in [0.15, 0.2) is 0 Å². The van der Waals surface area contributed by atoms with Crippen LogP contribution in [-0.4, -0.2) is 22.9 Å². The lowest BCUT2D eigenvalue weighted by Crippen LogP contribution is -2.30. The Morgan fingerprint density at radius 1 is 0.800 bits per heavy atom. The van der Waals surface area contributed by atoms with Gasteiger partial charge in [0.2, 0.25) is 10.0 Å². The summed E-state index contributed by atoms with van der Waals surface area (Å²) in [6.45, 7) is 5.44. The van der Waals surface area contributed by atoms with Crippen molar-refractivity contribution in [2.24, 2.45) is 0 Å². The highest BCUT2D eigenvalue weighted by molar-refractivity contribution is 7.92. The van der Waals surface area contributed by atoms with Crippen LogP contribution in [0.2, 0.25) is 0 Å². The molecule has 136 valence electrons. The van der Waals surface area contributed by atoms with Gasteiger partial charge in [-0.1, -0.05) is 19.1 Å². The van der Waals surface area contributed by atoms with Crippen molar-refractivity contribution >= 4 is 25.7 Å². The van der Waals surface area contributed by atoms with Crippen LogP contribution in [0.25, 0.3) is 0 Å². The molecule has 0 fully saturated rings. The summed E-state index contributed by atoms with van der Waals surface area (Å²) < 4.78 is 53.8. The molecule has 0 aliphatic rings. The second kappa shape index (κ2) is 7.55. The maximum Gasteiger partial charge on any atom is 0.261 e. The Balaban J connectivity index is 2.20. The predicted octanol–water partition coefficient (Wildman–Crippen LogP) is 2.74. The van der Waals surface area contributed by atoms with Crippen LogP contribution in [-0.2, 0) is 26.5 Å². The fraction of sp³-hybridized carbons (Fsp3) is 0.294. The molecule has 2 rings (SSSR count). The average molecular weight is 383 g/mol. The highest BCUT2D eigenvalue weighted by Gasteiger charge is 2.17. The van der Waals surface area contributed by atoms with Crippen molar-refractivity contribution in [2.75, 3.05) is 4.72 Å². The summed E-state index contributed by atoms with van der Waals surface area (Å²) >= 11 is 0. The molecule has 2 N–H and O–H groups in total. The van der Waals surface area contributed by atoms with Crippen molar-refractivity contribution in [2.45, 2.75) is 43.0 Å². The van der Waals surface area contributed by atoms with Gasteiger partial charge in [0.05, 0.1) is 9.79 Å². The van der Waals surface area contributed by atoms with Crippen molar-refractivity contribution in [3.8, 4) is 0 Å². The van der Waals surface area contributed by atoms with E-state index < -0.39 is 20.0 Å². The van der Waals surface area contributed by atoms with Gasteiger partial charge in [0.1, 0.15) is 0 Å². The van der Waals surface area contributed by atoms with Crippen LogP contribution in [0.3, 0.4) is 0 Å². The molecule has 0 aliphatic carbocycles. The first-order chi connectivity index (χ1) is 11.6. The molecule has 25 heavy (non-hydrogen) atoms. The number of aryl methyl sites for hydroxylation is 1. The number of hydrogen-bond donors (Lipinski definition) is 2. The summed E-state index contributed by atoms with van der Waals surface area (Å²) in [5.41, 5.74) is 1.34. The molecule has 0 saturated carbocycles. The first-order valence-electron chi connectivity index (χ1n) is 7.88. The highest BCUT2D eigenvalue weighted by atomic mass is 32.2. The molecular weight excluding hydrogens is 360 g/mol. The van der Waals surface area contributed by atoms with Gasteiger partial charge in [-0.3, -0.25) is 4.72 Å². The van der Waals surface area contributed by atoms with Crippen LogP contribution in [0.15, 0.2) is 58.3 Å². The fourth-order valence-electron chi connectivity index (χ4n) is 2.20. The quantitative estimate of drug-likeness (QED) is 0.770. The van der Waals surface area contributed by atoms with E-state index in [1.165, 1.54) is 24.3 Å². The normalized spacial score (nSPS) is 12.3. The van der Waals surface area contributed by atoms with E-state index in [2.05, 4.69) is 9.44 Å². The second-order valence-electron chi connectivity index (χ2n) is 5.90. The first-order valence-corrected chi connectivity index (χ1v) is 10.8. The first kappa shape index (κ1) is 19.4. The van der Waals surface area contributed by atoms with E-state index in [0.29, 0.717) is 5.69 Å². The third-order valence-corrected chi connectivity index (χ3v) is 6.52. The largest absolute Gasteiger partial charge is 0.280 e. The van der Waals surface area contributed by atoms with Crippen LogP contribution in [0.5, 0.6) is 0 Å². The van der Waals surface area contributed by atoms with Gasteiger partial charge in [-0.2, -0.15) is 0 Å². The van der Waals surface area contributed by atoms with Gasteiger partial charge in [-0.15, -0.1) is 0 Å². The van der Waals surface area contributed by atoms with E-state index in [-0.39, 0.29) is 15.8 Å². The molecule has 0 atom stereocenters. The van der Waals surface area contributed by atoms with E-state index in [0.717, 1.165) is 12.0 Å². The van der Waals surface area contributed by atoms with Crippen LogP contribution >= 0.6 is 0 Å². The summed E-state index contributed by atoms with van der Waals surface area (Å²) in [6, 6.07) is 12.0. The Labute approximate surface area is 149 Å². The van der Waals surface area contributed by atoms with Gasteiger partial charge in [0, 0.05) is 11.7 Å². The highest BCUT2D eigenvalue weighted by Crippen LogP contribution is 2.19. The minimum atomic E-state index is -3.72. The maximum atomic E-state index is 12.4. The summed E-state index contributed by atoms with van der Waals surface area (Å²) in [6.07, 6.45) is 0.827. The minimum absolute atomic E-state index is 0.0800. The lowest BCUT2D eigenvalue weighted by atomic mass is 10.2. The maximum absolute atomic E-state index is 12.4. The second-order valence-corrected chi connectivity index (χ2v) is 9.30. The molecule has 0 bridgehead atoms. The molecule has 0 saturated heterocycles. The smallest absolute Gasteiger partial charge is 0.261 e. The lowest BCUT2D eigenvalue weighted by molar-refractivity contribution is 0.570. The van der Waals surface area contributed by atoms with Gasteiger partial charge < -0.3 is 0 Å². The van der Waals surface area contributed by atoms with E-state index in [1.54, 1.807) is 38.1 Å². The van der Waals surface area contributed by atoms with E-state index in [1.807, 2.05) is 6.92 Å². The molecule has 0 aliphatic heterocycles. The number of benzene rings is 2. The van der Waals surface area contributed by atoms with E-state index in [9.17, 15) is 16.8 Å². The van der Waals surface area contributed by atoms with Crippen molar-refractivity contribution in [3.63, 3.8) is 0 Å². The van der Waals surface area contributed by atoms with Crippen LogP contribution in [0.1, 0.15) is 26.3 Å². The standard InChI is InChI=1S/C17H22N2O4S2/c1-4-14-5-9-16(10-6-14)25(22,23)19-15-7-11-17(12-8-15)24(20,21)18-13(2)3/h5-13,18-19H,4H2,1-3H3. The van der Waals surface area contributed by atoms with Gasteiger partial charge >= 0.3 is 0 Å². The molecular formula is C17H22N2O4S2. The van der Waals surface area contributed by atoms with E-state index in [4.69, 9.17) is 0 Å². The van der Waals surface area contributed by atoms with Crippen molar-refractivity contribution in [3.05, 3.63) is 54.1 Å². The number of sulfonamides is 2. The Bertz CT molecular complexity index is 918. The molecule has 2 aromatic carbocycles. The zero-order valence-corrected chi connectivity index (χ0v) is 16.0. The summed E-state index contributed by atoms with van der Waals surface area (Å²) in [5.74, 6) is 0. The van der Waals surface area contributed by atoms with E-state index >= 15 is 0 Å². The number of hydrogen-bond acceptors (Lipinski definition) is 4. The molecule has 8 heteroatoms. The molecule has 2 aromatic rings. The zero-order chi connectivity index (χ0) is 18.7. The molecule has 0 spiro atoms. The summed E-state index contributed by atoms with van der Waals surface area (Å²) in [4.78, 5) is 0.235. The summed E-state index contributed by atoms with van der Waals surface area (Å²) in [7, 11) is -7.33. The topological polar surface area (TPSA) is 92.3 Å². The molecule has 0 unspecified atom stereocenters. The van der Waals surface area contributed by atoms with Crippen LogP contribution < -0.4 is 9.44 Å². The Hall–Kier alpha value is -1.90. The van der Waals surface area contributed by atoms with Gasteiger partial charge in [-0.05, 0) is 62.2 Å². The third kappa shape index (κ3) is 5.04. The van der Waals surface area contributed by atoms with Gasteiger partial charge in [0.25, 0.3) is 10.0 Å². The minimum Gasteiger partial charge on any atom is -0.280 e. The zero-order valence-electron chi connectivity index (χ0n) is 14.4. The summed E-state index contributed by atoms with van der Waals surface area (Å²) in [5, 5.41) is 0. The molecule has 6 nitrogen and oxygen atoms in total. The molecule has 0 heterocycles. The molecule has 0 amide bonds. The third-order valence-electron chi connectivity index (χ3n) is 3.45. The van der Waals surface area contributed by atoms with Crippen LogP contribution in [0, 0.1) is 0 Å². The van der Waals surface area contributed by atoms with Crippen molar-refractivity contribution in [1.82, 2.24) is 4.72 Å². The monoisotopic (exact) mass is 382 g/mol. The molecule has 0 aromatic heterocycles. The van der Waals surface area contributed by atoms with Crippen LogP contribution in [0.4, 0.5) is 5.69 Å². The Morgan fingerprint density at radius 3 is 1.76 bits per heavy atom. The number of nitrogens with one attached hydrogen (secondary N) is 2.